The van der Waals surface area contributed by atoms with E-state index < -0.39 is 0 Å². The predicted molar refractivity (Wildman–Crippen MR) is 60.2 cm³/mol. The molecule has 0 bridgehead atoms. The van der Waals surface area contributed by atoms with Crippen molar-refractivity contribution in [2.24, 2.45) is 5.41 Å². The van der Waals surface area contributed by atoms with Crippen LogP contribution in [0.15, 0.2) is 24.5 Å². The summed E-state index contributed by atoms with van der Waals surface area (Å²) in [6, 6.07) is 3.76. The number of nitrogens with one attached hydrogen (secondary N) is 1. The number of hydrogen-bond acceptors (Lipinski definition) is 4. The van der Waals surface area contributed by atoms with Crippen molar-refractivity contribution in [2.45, 2.75) is 12.8 Å². The van der Waals surface area contributed by atoms with E-state index in [2.05, 4.69) is 15.4 Å². The highest BCUT2D eigenvalue weighted by molar-refractivity contribution is 5.45. The van der Waals surface area contributed by atoms with Gasteiger partial charge in [-0.1, -0.05) is 0 Å². The molecule has 0 radical (unpaired) electrons. The van der Waals surface area contributed by atoms with Gasteiger partial charge < -0.3 is 10.4 Å². The average Bonchev–Trinajstić information content (AvgIpc) is 2.96. The van der Waals surface area contributed by atoms with E-state index in [1.165, 1.54) is 0 Å². The van der Waals surface area contributed by atoms with Crippen LogP contribution in [0.2, 0.25) is 0 Å². The minimum atomic E-state index is 0.105. The second kappa shape index (κ2) is 3.45. The summed E-state index contributed by atoms with van der Waals surface area (Å²) in [4.78, 5) is 4.41. The predicted octanol–water partition coefficient (Wildman–Crippen LogP) is 0.914. The molecule has 3 rings (SSSR count). The normalized spacial score (nSPS) is 17.6. The van der Waals surface area contributed by atoms with Gasteiger partial charge in [-0.05, 0) is 18.9 Å². The molecule has 1 saturated carbocycles. The molecule has 0 atom stereocenters. The molecule has 2 aromatic rings. The standard InChI is InChI=1S/C11H14N4O/c16-8-11(3-4-11)7-12-9-2-6-15-10(14-9)1-5-13-15/h1-2,5-6,16H,3-4,7-8H2,(H,12,14). The maximum absolute atomic E-state index is 9.20. The number of anilines is 1. The highest BCUT2D eigenvalue weighted by Gasteiger charge is 2.41. The Labute approximate surface area is 93.1 Å². The van der Waals surface area contributed by atoms with E-state index in [0.29, 0.717) is 0 Å². The molecule has 2 N–H and O–H groups in total. The zero-order valence-electron chi connectivity index (χ0n) is 8.93. The first-order chi connectivity index (χ1) is 7.81. The molecule has 5 heteroatoms. The summed E-state index contributed by atoms with van der Waals surface area (Å²) in [5, 5.41) is 16.6. The van der Waals surface area contributed by atoms with Gasteiger partial charge in [0.15, 0.2) is 5.65 Å². The van der Waals surface area contributed by atoms with Crippen LogP contribution in [-0.2, 0) is 0 Å². The molecule has 0 unspecified atom stereocenters. The molecule has 0 spiro atoms. The van der Waals surface area contributed by atoms with Gasteiger partial charge in [-0.25, -0.2) is 9.50 Å². The third-order valence-corrected chi connectivity index (χ3v) is 3.20. The molecule has 84 valence electrons. The van der Waals surface area contributed by atoms with Crippen LogP contribution in [0.3, 0.4) is 0 Å². The molecule has 1 aliphatic carbocycles. The van der Waals surface area contributed by atoms with Crippen LogP contribution < -0.4 is 5.32 Å². The molecule has 16 heavy (non-hydrogen) atoms. The van der Waals surface area contributed by atoms with Gasteiger partial charge in [0.25, 0.3) is 0 Å². The van der Waals surface area contributed by atoms with Crippen LogP contribution in [-0.4, -0.2) is 32.9 Å². The van der Waals surface area contributed by atoms with Gasteiger partial charge in [-0.3, -0.25) is 0 Å². The van der Waals surface area contributed by atoms with Crippen LogP contribution >= 0.6 is 0 Å². The fourth-order valence-electron chi connectivity index (χ4n) is 1.76. The van der Waals surface area contributed by atoms with Gasteiger partial charge in [-0.15, -0.1) is 0 Å². The van der Waals surface area contributed by atoms with Crippen LogP contribution in [0.5, 0.6) is 0 Å². The summed E-state index contributed by atoms with van der Waals surface area (Å²) in [5.41, 5.74) is 0.937. The number of fused-ring (bicyclic) bond motifs is 1. The fourth-order valence-corrected chi connectivity index (χ4v) is 1.76. The van der Waals surface area contributed by atoms with Crippen molar-refractivity contribution >= 4 is 11.5 Å². The molecular formula is C11H14N4O. The molecule has 0 amide bonds. The number of hydrogen-bond donors (Lipinski definition) is 2. The molecule has 2 aromatic heterocycles. The van der Waals surface area contributed by atoms with Gasteiger partial charge in [0.2, 0.25) is 0 Å². The lowest BCUT2D eigenvalue weighted by atomic mass is 10.1. The number of rotatable bonds is 4. The fraction of sp³-hybridized carbons (Fsp3) is 0.455. The molecule has 1 aliphatic rings. The molecule has 0 aromatic carbocycles. The van der Waals surface area contributed by atoms with Crippen LogP contribution in [0.4, 0.5) is 5.82 Å². The molecule has 5 nitrogen and oxygen atoms in total. The van der Waals surface area contributed by atoms with E-state index in [4.69, 9.17) is 0 Å². The number of aromatic nitrogens is 3. The lowest BCUT2D eigenvalue weighted by Crippen LogP contribution is -2.19. The van der Waals surface area contributed by atoms with Crippen molar-refractivity contribution in [1.29, 1.82) is 0 Å². The molecule has 2 heterocycles. The minimum absolute atomic E-state index is 0.105. The van der Waals surface area contributed by atoms with E-state index in [9.17, 15) is 5.11 Å². The maximum Gasteiger partial charge on any atom is 0.157 e. The van der Waals surface area contributed by atoms with Crippen molar-refractivity contribution < 1.29 is 5.11 Å². The van der Waals surface area contributed by atoms with Gasteiger partial charge >= 0.3 is 0 Å². The van der Waals surface area contributed by atoms with Gasteiger partial charge in [0.1, 0.15) is 5.82 Å². The third-order valence-electron chi connectivity index (χ3n) is 3.20. The summed E-state index contributed by atoms with van der Waals surface area (Å²) in [6.07, 6.45) is 5.81. The lowest BCUT2D eigenvalue weighted by Gasteiger charge is -2.12. The Morgan fingerprint density at radius 1 is 1.44 bits per heavy atom. The second-order valence-corrected chi connectivity index (χ2v) is 4.46. The quantitative estimate of drug-likeness (QED) is 0.800. The maximum atomic E-state index is 9.20. The Morgan fingerprint density at radius 2 is 2.31 bits per heavy atom. The minimum Gasteiger partial charge on any atom is -0.396 e. The Bertz CT molecular complexity index is 503. The molecule has 0 saturated heterocycles. The van der Waals surface area contributed by atoms with E-state index in [1.807, 2.05) is 18.3 Å². The highest BCUT2D eigenvalue weighted by Crippen LogP contribution is 2.44. The Balaban J connectivity index is 1.74. The summed E-state index contributed by atoms with van der Waals surface area (Å²) in [5.74, 6) is 0.840. The first-order valence-electron chi connectivity index (χ1n) is 5.47. The van der Waals surface area contributed by atoms with Gasteiger partial charge in [0.05, 0.1) is 12.8 Å². The van der Waals surface area contributed by atoms with E-state index in [-0.39, 0.29) is 12.0 Å². The van der Waals surface area contributed by atoms with Gasteiger partial charge in [0, 0.05) is 24.2 Å². The van der Waals surface area contributed by atoms with E-state index in [1.54, 1.807) is 10.7 Å². The number of aliphatic hydroxyl groups excluding tert-OH is 1. The topological polar surface area (TPSA) is 62.5 Å². The summed E-state index contributed by atoms with van der Waals surface area (Å²) >= 11 is 0. The second-order valence-electron chi connectivity index (χ2n) is 4.46. The van der Waals surface area contributed by atoms with Crippen molar-refractivity contribution in [2.75, 3.05) is 18.5 Å². The van der Waals surface area contributed by atoms with E-state index in [0.717, 1.165) is 30.9 Å². The van der Waals surface area contributed by atoms with Gasteiger partial charge in [-0.2, -0.15) is 5.10 Å². The number of nitrogens with zero attached hydrogens (tertiary/aromatic N) is 3. The Morgan fingerprint density at radius 3 is 3.06 bits per heavy atom. The zero-order chi connectivity index (χ0) is 11.0. The van der Waals surface area contributed by atoms with Crippen molar-refractivity contribution in [3.05, 3.63) is 24.5 Å². The van der Waals surface area contributed by atoms with Crippen LogP contribution in [0, 0.1) is 5.41 Å². The summed E-state index contributed by atoms with van der Waals surface area (Å²) in [7, 11) is 0. The first-order valence-corrected chi connectivity index (χ1v) is 5.47. The molecule has 1 fully saturated rings. The highest BCUT2D eigenvalue weighted by atomic mass is 16.3. The van der Waals surface area contributed by atoms with Crippen molar-refractivity contribution in [1.82, 2.24) is 14.6 Å². The number of aliphatic hydroxyl groups is 1. The molecular weight excluding hydrogens is 204 g/mol. The average molecular weight is 218 g/mol. The first kappa shape index (κ1) is 9.59. The molecule has 0 aliphatic heterocycles. The third kappa shape index (κ3) is 1.63. The van der Waals surface area contributed by atoms with E-state index >= 15 is 0 Å². The smallest absolute Gasteiger partial charge is 0.157 e. The largest absolute Gasteiger partial charge is 0.396 e. The Kier molecular flexibility index (Phi) is 2.07. The SMILES string of the molecule is OCC1(CNc2ccn3nccc3n2)CC1. The van der Waals surface area contributed by atoms with Crippen molar-refractivity contribution in [3.63, 3.8) is 0 Å². The zero-order valence-corrected chi connectivity index (χ0v) is 8.93. The Hall–Kier alpha value is -1.62. The van der Waals surface area contributed by atoms with Crippen LogP contribution in [0.1, 0.15) is 12.8 Å². The van der Waals surface area contributed by atoms with Crippen LogP contribution in [0.25, 0.3) is 5.65 Å². The summed E-state index contributed by atoms with van der Waals surface area (Å²) in [6.45, 7) is 1.05. The van der Waals surface area contributed by atoms with Crippen molar-refractivity contribution in [3.8, 4) is 0 Å². The lowest BCUT2D eigenvalue weighted by molar-refractivity contribution is 0.219. The summed E-state index contributed by atoms with van der Waals surface area (Å²) < 4.78 is 1.73. The monoisotopic (exact) mass is 218 g/mol.